The zero-order valence-corrected chi connectivity index (χ0v) is 16.7. The number of benzene rings is 1. The van der Waals surface area contributed by atoms with Crippen LogP contribution in [0.3, 0.4) is 0 Å². The van der Waals surface area contributed by atoms with E-state index in [4.69, 9.17) is 9.47 Å². The molecule has 0 amide bonds. The molecule has 1 rings (SSSR count). The lowest BCUT2D eigenvalue weighted by molar-refractivity contribution is -0.172. The van der Waals surface area contributed by atoms with E-state index in [2.05, 4.69) is 0 Å². The summed E-state index contributed by atoms with van der Waals surface area (Å²) >= 11 is 0. The Bertz CT molecular complexity index is 561. The second kappa shape index (κ2) is 12.4. The summed E-state index contributed by atoms with van der Waals surface area (Å²) in [6, 6.07) is 9.30. The predicted octanol–water partition coefficient (Wildman–Crippen LogP) is 4.09. The fraction of sp³-hybridized carbons (Fsp3) is 0.591. The molecule has 0 aromatic heterocycles. The van der Waals surface area contributed by atoms with Crippen molar-refractivity contribution in [1.29, 1.82) is 0 Å². The Hall–Kier alpha value is -2.01. The smallest absolute Gasteiger partial charge is 0.336 e. The van der Waals surface area contributed by atoms with E-state index in [0.29, 0.717) is 25.6 Å². The van der Waals surface area contributed by atoms with Gasteiger partial charge in [-0.25, -0.2) is 4.79 Å². The molecule has 0 aliphatic carbocycles. The zero-order valence-electron chi connectivity index (χ0n) is 16.7. The maximum atomic E-state index is 12.8. The molecule has 1 aromatic rings. The van der Waals surface area contributed by atoms with Gasteiger partial charge in [0.25, 0.3) is 0 Å². The molecular formula is C22H32O5. The number of rotatable bonds is 14. The standard InChI is InChI=1S/C22H32O5/c1-4-7-14-26-20(21(25)27-15-8-5-2)22(16-23,17-24)19(6-3)18-12-10-9-11-13-18/h9-13,16-17,19-20H,4-8,14-15H2,1-3H3. The van der Waals surface area contributed by atoms with Crippen molar-refractivity contribution in [2.24, 2.45) is 5.41 Å². The molecule has 150 valence electrons. The Kier molecular flexibility index (Phi) is 10.6. The van der Waals surface area contributed by atoms with Crippen molar-refractivity contribution in [3.8, 4) is 0 Å². The van der Waals surface area contributed by atoms with Crippen molar-refractivity contribution in [2.45, 2.75) is 64.9 Å². The molecule has 5 nitrogen and oxygen atoms in total. The number of esters is 1. The van der Waals surface area contributed by atoms with Gasteiger partial charge in [-0.1, -0.05) is 63.9 Å². The molecular weight excluding hydrogens is 344 g/mol. The van der Waals surface area contributed by atoms with Crippen molar-refractivity contribution < 1.29 is 23.9 Å². The first kappa shape index (κ1) is 23.0. The fourth-order valence-electron chi connectivity index (χ4n) is 3.22. The van der Waals surface area contributed by atoms with Crippen LogP contribution < -0.4 is 0 Å². The number of carbonyl (C=O) groups excluding carboxylic acids is 3. The molecule has 2 atom stereocenters. The second-order valence-corrected chi connectivity index (χ2v) is 6.73. The van der Waals surface area contributed by atoms with Gasteiger partial charge in [-0.3, -0.25) is 0 Å². The molecule has 0 radical (unpaired) electrons. The van der Waals surface area contributed by atoms with Gasteiger partial charge >= 0.3 is 5.97 Å². The lowest BCUT2D eigenvalue weighted by atomic mass is 9.69. The highest BCUT2D eigenvalue weighted by Gasteiger charge is 2.51. The highest BCUT2D eigenvalue weighted by atomic mass is 16.6. The molecule has 5 heteroatoms. The monoisotopic (exact) mass is 376 g/mol. The third kappa shape index (κ3) is 5.99. The minimum atomic E-state index is -1.62. The first-order chi connectivity index (χ1) is 13.1. The van der Waals surface area contributed by atoms with Crippen molar-refractivity contribution in [3.05, 3.63) is 35.9 Å². The van der Waals surface area contributed by atoms with Crippen LogP contribution in [-0.2, 0) is 23.9 Å². The third-order valence-corrected chi connectivity index (χ3v) is 4.81. The molecule has 0 saturated carbocycles. The van der Waals surface area contributed by atoms with Gasteiger partial charge in [0.05, 0.1) is 6.61 Å². The summed E-state index contributed by atoms with van der Waals surface area (Å²) in [4.78, 5) is 37.2. The summed E-state index contributed by atoms with van der Waals surface area (Å²) in [5, 5.41) is 0. The van der Waals surface area contributed by atoms with Gasteiger partial charge in [-0.05, 0) is 24.8 Å². The van der Waals surface area contributed by atoms with Crippen LogP contribution in [0, 0.1) is 5.41 Å². The molecule has 0 N–H and O–H groups in total. The average Bonchev–Trinajstić information content (AvgIpc) is 2.71. The van der Waals surface area contributed by atoms with Gasteiger partial charge in [-0.2, -0.15) is 0 Å². The van der Waals surface area contributed by atoms with E-state index in [1.807, 2.05) is 51.1 Å². The highest BCUT2D eigenvalue weighted by molar-refractivity contribution is 5.94. The van der Waals surface area contributed by atoms with Crippen molar-refractivity contribution in [2.75, 3.05) is 13.2 Å². The average molecular weight is 376 g/mol. The van der Waals surface area contributed by atoms with Gasteiger partial charge in [-0.15, -0.1) is 0 Å². The van der Waals surface area contributed by atoms with Crippen molar-refractivity contribution in [1.82, 2.24) is 0 Å². The molecule has 0 bridgehead atoms. The van der Waals surface area contributed by atoms with Gasteiger partial charge in [0.2, 0.25) is 0 Å². The lowest BCUT2D eigenvalue weighted by Gasteiger charge is -2.36. The maximum absolute atomic E-state index is 12.8. The van der Waals surface area contributed by atoms with E-state index >= 15 is 0 Å². The number of hydrogen-bond acceptors (Lipinski definition) is 5. The summed E-state index contributed by atoms with van der Waals surface area (Å²) in [5.74, 6) is -1.12. The minimum Gasteiger partial charge on any atom is -0.464 e. The van der Waals surface area contributed by atoms with Crippen LogP contribution in [-0.4, -0.2) is 37.9 Å². The second-order valence-electron chi connectivity index (χ2n) is 6.73. The Morgan fingerprint density at radius 2 is 1.59 bits per heavy atom. The zero-order chi connectivity index (χ0) is 20.1. The van der Waals surface area contributed by atoms with Crippen LogP contribution in [0.1, 0.15) is 64.4 Å². The highest BCUT2D eigenvalue weighted by Crippen LogP contribution is 2.40. The number of ether oxygens (including phenoxy) is 2. The molecule has 0 spiro atoms. The van der Waals surface area contributed by atoms with Gasteiger partial charge in [0.15, 0.2) is 6.10 Å². The summed E-state index contributed by atoms with van der Waals surface area (Å²) < 4.78 is 11.1. The van der Waals surface area contributed by atoms with Crippen LogP contribution in [0.25, 0.3) is 0 Å². The topological polar surface area (TPSA) is 69.7 Å². The van der Waals surface area contributed by atoms with Gasteiger partial charge in [0, 0.05) is 12.5 Å². The molecule has 0 saturated heterocycles. The SMILES string of the molecule is CCCCOC(=O)C(OCCCC)C(C=O)(C=O)C(CC)c1ccccc1. The largest absolute Gasteiger partial charge is 0.464 e. The van der Waals surface area contributed by atoms with E-state index in [1.165, 1.54) is 0 Å². The molecule has 0 heterocycles. The first-order valence-electron chi connectivity index (χ1n) is 9.87. The van der Waals surface area contributed by atoms with E-state index < -0.39 is 23.4 Å². The summed E-state index contributed by atoms with van der Waals surface area (Å²) in [6.07, 6.45) is 3.61. The van der Waals surface area contributed by atoms with E-state index in [9.17, 15) is 14.4 Å². The Morgan fingerprint density at radius 1 is 1.00 bits per heavy atom. The number of aldehydes is 2. The van der Waals surface area contributed by atoms with Crippen LogP contribution in [0.2, 0.25) is 0 Å². The third-order valence-electron chi connectivity index (χ3n) is 4.81. The van der Waals surface area contributed by atoms with Crippen LogP contribution in [0.5, 0.6) is 0 Å². The Balaban J connectivity index is 3.27. The minimum absolute atomic E-state index is 0.249. The lowest BCUT2D eigenvalue weighted by Crippen LogP contribution is -2.50. The first-order valence-corrected chi connectivity index (χ1v) is 9.87. The Morgan fingerprint density at radius 3 is 2.11 bits per heavy atom. The fourth-order valence-corrected chi connectivity index (χ4v) is 3.22. The molecule has 0 aliphatic rings. The number of carbonyl (C=O) groups is 3. The molecule has 2 unspecified atom stereocenters. The normalized spacial score (nSPS) is 13.6. The summed E-state index contributed by atoms with van der Waals surface area (Å²) in [5.41, 5.74) is -0.794. The van der Waals surface area contributed by atoms with Crippen LogP contribution in [0.4, 0.5) is 0 Å². The van der Waals surface area contributed by atoms with E-state index in [1.54, 1.807) is 0 Å². The van der Waals surface area contributed by atoms with E-state index in [-0.39, 0.29) is 6.61 Å². The maximum Gasteiger partial charge on any atom is 0.336 e. The van der Waals surface area contributed by atoms with Crippen molar-refractivity contribution >= 4 is 18.5 Å². The molecule has 0 fully saturated rings. The molecule has 1 aromatic carbocycles. The predicted molar refractivity (Wildman–Crippen MR) is 105 cm³/mol. The molecule has 27 heavy (non-hydrogen) atoms. The summed E-state index contributed by atoms with van der Waals surface area (Å²) in [7, 11) is 0. The quantitative estimate of drug-likeness (QED) is 0.212. The van der Waals surface area contributed by atoms with Gasteiger partial charge < -0.3 is 19.1 Å². The van der Waals surface area contributed by atoms with Gasteiger partial charge in [0.1, 0.15) is 18.0 Å². The van der Waals surface area contributed by atoms with Crippen LogP contribution in [0.15, 0.2) is 30.3 Å². The Labute approximate surface area is 162 Å². The summed E-state index contributed by atoms with van der Waals surface area (Å²) in [6.45, 7) is 6.43. The molecule has 0 aliphatic heterocycles. The van der Waals surface area contributed by atoms with Crippen molar-refractivity contribution in [3.63, 3.8) is 0 Å². The number of unbranched alkanes of at least 4 members (excludes halogenated alkanes) is 2. The number of hydrogen-bond donors (Lipinski definition) is 0. The van der Waals surface area contributed by atoms with E-state index in [0.717, 1.165) is 31.2 Å². The van der Waals surface area contributed by atoms with Crippen LogP contribution >= 0.6 is 0 Å².